The van der Waals surface area contributed by atoms with Crippen LogP contribution in [0.4, 0.5) is 0 Å². The first kappa shape index (κ1) is 16.4. The summed E-state index contributed by atoms with van der Waals surface area (Å²) in [4.78, 5) is 8.66. The van der Waals surface area contributed by atoms with Crippen LogP contribution in [-0.2, 0) is 12.8 Å². The smallest absolute Gasteiger partial charge is 0.175 e. The second-order valence-electron chi connectivity index (χ2n) is 4.67. The molecule has 0 atom stereocenters. The van der Waals surface area contributed by atoms with Crippen molar-refractivity contribution in [3.63, 3.8) is 0 Å². The second kappa shape index (κ2) is 9.00. The van der Waals surface area contributed by atoms with Crippen LogP contribution in [0.5, 0.6) is 0 Å². The Morgan fingerprint density at radius 2 is 1.26 bits per heavy atom. The number of hydrogen-bond acceptors (Lipinski definition) is 7. The van der Waals surface area contributed by atoms with Crippen LogP contribution >= 0.6 is 34.9 Å². The zero-order valence-corrected chi connectivity index (χ0v) is 14.9. The SMILES string of the molecule is c1ccc(CCSc2nnc(SCCc3ccccn3)s2)nc1. The third-order valence-electron chi connectivity index (χ3n) is 3.01. The fourth-order valence-corrected chi connectivity index (χ4v) is 4.98. The Morgan fingerprint density at radius 1 is 0.739 bits per heavy atom. The standard InChI is InChI=1S/C16H16N4S3/c1-3-9-17-13(5-1)7-11-21-15-19-20-16(23-15)22-12-8-14-6-2-4-10-18-14/h1-6,9-10H,7-8,11-12H2. The number of nitrogens with zero attached hydrogens (tertiary/aromatic N) is 4. The maximum Gasteiger partial charge on any atom is 0.175 e. The minimum Gasteiger partial charge on any atom is -0.261 e. The van der Waals surface area contributed by atoms with Crippen molar-refractivity contribution in [1.82, 2.24) is 20.2 Å². The summed E-state index contributed by atoms with van der Waals surface area (Å²) < 4.78 is 2.06. The fourth-order valence-electron chi connectivity index (χ4n) is 1.89. The van der Waals surface area contributed by atoms with Gasteiger partial charge in [0.05, 0.1) is 0 Å². The molecule has 0 aliphatic carbocycles. The van der Waals surface area contributed by atoms with Crippen LogP contribution in [0.25, 0.3) is 0 Å². The molecule has 0 radical (unpaired) electrons. The Morgan fingerprint density at radius 3 is 1.70 bits per heavy atom. The van der Waals surface area contributed by atoms with E-state index in [4.69, 9.17) is 0 Å². The third kappa shape index (κ3) is 5.60. The number of thioether (sulfide) groups is 2. The molecule has 0 N–H and O–H groups in total. The van der Waals surface area contributed by atoms with Crippen molar-refractivity contribution in [3.05, 3.63) is 60.2 Å². The van der Waals surface area contributed by atoms with Gasteiger partial charge in [0, 0.05) is 35.3 Å². The van der Waals surface area contributed by atoms with Crippen LogP contribution in [0, 0.1) is 0 Å². The zero-order chi connectivity index (χ0) is 15.7. The lowest BCUT2D eigenvalue weighted by Gasteiger charge is -1.98. The van der Waals surface area contributed by atoms with E-state index < -0.39 is 0 Å². The Bertz CT molecular complexity index is 644. The lowest BCUT2D eigenvalue weighted by molar-refractivity contribution is 0.950. The molecule has 0 spiro atoms. The Hall–Kier alpha value is -1.44. The minimum atomic E-state index is 0.952. The Kier molecular flexibility index (Phi) is 6.43. The van der Waals surface area contributed by atoms with E-state index in [1.54, 1.807) is 34.9 Å². The van der Waals surface area contributed by atoms with Gasteiger partial charge in [0.25, 0.3) is 0 Å². The molecule has 0 unspecified atom stereocenters. The van der Waals surface area contributed by atoms with Gasteiger partial charge in [-0.1, -0.05) is 47.0 Å². The van der Waals surface area contributed by atoms with Gasteiger partial charge in [0.2, 0.25) is 0 Å². The van der Waals surface area contributed by atoms with E-state index in [-0.39, 0.29) is 0 Å². The van der Waals surface area contributed by atoms with E-state index in [0.717, 1.165) is 44.4 Å². The van der Waals surface area contributed by atoms with Crippen molar-refractivity contribution < 1.29 is 0 Å². The van der Waals surface area contributed by atoms with Crippen molar-refractivity contribution in [2.75, 3.05) is 11.5 Å². The molecular formula is C16H16N4S3. The maximum absolute atomic E-state index is 4.33. The molecule has 3 rings (SSSR count). The van der Waals surface area contributed by atoms with Gasteiger partial charge in [-0.3, -0.25) is 9.97 Å². The molecule has 0 bridgehead atoms. The normalized spacial score (nSPS) is 10.8. The van der Waals surface area contributed by atoms with E-state index in [1.165, 1.54) is 0 Å². The number of aromatic nitrogens is 4. The zero-order valence-electron chi connectivity index (χ0n) is 12.5. The van der Waals surface area contributed by atoms with Crippen LogP contribution < -0.4 is 0 Å². The van der Waals surface area contributed by atoms with Crippen molar-refractivity contribution in [2.24, 2.45) is 0 Å². The van der Waals surface area contributed by atoms with Crippen LogP contribution in [0.15, 0.2) is 57.5 Å². The molecular weight excluding hydrogens is 344 g/mol. The van der Waals surface area contributed by atoms with Gasteiger partial charge in [0.1, 0.15) is 0 Å². The summed E-state index contributed by atoms with van der Waals surface area (Å²) in [7, 11) is 0. The first-order chi connectivity index (χ1) is 11.4. The summed E-state index contributed by atoms with van der Waals surface area (Å²) in [5.74, 6) is 1.95. The molecule has 23 heavy (non-hydrogen) atoms. The minimum absolute atomic E-state index is 0.952. The first-order valence-electron chi connectivity index (χ1n) is 7.29. The number of rotatable bonds is 8. The molecule has 4 nitrogen and oxygen atoms in total. The van der Waals surface area contributed by atoms with Crippen molar-refractivity contribution in [2.45, 2.75) is 21.5 Å². The van der Waals surface area contributed by atoms with Crippen LogP contribution in [0.1, 0.15) is 11.4 Å². The molecule has 0 amide bonds. The molecule has 0 fully saturated rings. The molecule has 0 saturated carbocycles. The molecule has 3 aromatic rings. The highest BCUT2D eigenvalue weighted by Gasteiger charge is 2.06. The molecule has 7 heteroatoms. The van der Waals surface area contributed by atoms with E-state index in [9.17, 15) is 0 Å². The average molecular weight is 361 g/mol. The lowest BCUT2D eigenvalue weighted by atomic mass is 10.3. The topological polar surface area (TPSA) is 51.6 Å². The highest BCUT2D eigenvalue weighted by atomic mass is 32.2. The van der Waals surface area contributed by atoms with Crippen LogP contribution in [0.3, 0.4) is 0 Å². The van der Waals surface area contributed by atoms with Crippen molar-refractivity contribution in [3.8, 4) is 0 Å². The fraction of sp³-hybridized carbons (Fsp3) is 0.250. The van der Waals surface area contributed by atoms with Gasteiger partial charge in [-0.2, -0.15) is 0 Å². The van der Waals surface area contributed by atoms with Gasteiger partial charge in [-0.05, 0) is 37.1 Å². The third-order valence-corrected chi connectivity index (χ3v) is 6.20. The summed E-state index contributed by atoms with van der Waals surface area (Å²) in [5.41, 5.74) is 2.24. The quantitative estimate of drug-likeness (QED) is 0.566. The summed E-state index contributed by atoms with van der Waals surface area (Å²) in [6.07, 6.45) is 5.57. The van der Waals surface area contributed by atoms with E-state index in [0.29, 0.717) is 0 Å². The monoisotopic (exact) mass is 360 g/mol. The molecule has 0 aliphatic rings. The summed E-state index contributed by atoms with van der Waals surface area (Å²) >= 11 is 5.16. The Balaban J connectivity index is 1.39. The number of hydrogen-bond donors (Lipinski definition) is 0. The molecule has 0 aliphatic heterocycles. The molecule has 3 heterocycles. The van der Waals surface area contributed by atoms with E-state index >= 15 is 0 Å². The van der Waals surface area contributed by atoms with Gasteiger partial charge < -0.3 is 0 Å². The van der Waals surface area contributed by atoms with Crippen molar-refractivity contribution in [1.29, 1.82) is 0 Å². The Labute approximate surface area is 148 Å². The van der Waals surface area contributed by atoms with Crippen LogP contribution in [0.2, 0.25) is 0 Å². The first-order valence-corrected chi connectivity index (χ1v) is 10.1. The van der Waals surface area contributed by atoms with Gasteiger partial charge in [0.15, 0.2) is 8.68 Å². The van der Waals surface area contributed by atoms with Crippen molar-refractivity contribution >= 4 is 34.9 Å². The van der Waals surface area contributed by atoms with Gasteiger partial charge in [-0.15, -0.1) is 10.2 Å². The number of pyridine rings is 2. The average Bonchev–Trinajstić information content (AvgIpc) is 3.05. The van der Waals surface area contributed by atoms with Gasteiger partial charge >= 0.3 is 0 Å². The predicted molar refractivity (Wildman–Crippen MR) is 97.2 cm³/mol. The largest absolute Gasteiger partial charge is 0.261 e. The second-order valence-corrected chi connectivity index (χ2v) is 8.33. The molecule has 0 saturated heterocycles. The van der Waals surface area contributed by atoms with Gasteiger partial charge in [-0.25, -0.2) is 0 Å². The van der Waals surface area contributed by atoms with E-state index in [2.05, 4.69) is 32.3 Å². The summed E-state index contributed by atoms with van der Waals surface area (Å²) in [6, 6.07) is 12.0. The summed E-state index contributed by atoms with van der Waals surface area (Å²) in [5, 5.41) is 8.50. The molecule has 3 aromatic heterocycles. The lowest BCUT2D eigenvalue weighted by Crippen LogP contribution is -1.91. The molecule has 0 aromatic carbocycles. The highest BCUT2D eigenvalue weighted by molar-refractivity contribution is 8.03. The molecule has 118 valence electrons. The predicted octanol–water partition coefficient (Wildman–Crippen LogP) is 4.00. The highest BCUT2D eigenvalue weighted by Crippen LogP contribution is 2.29. The maximum atomic E-state index is 4.33. The number of aryl methyl sites for hydroxylation is 2. The van der Waals surface area contributed by atoms with Crippen LogP contribution in [-0.4, -0.2) is 31.7 Å². The summed E-state index contributed by atoms with van der Waals surface area (Å²) in [6.45, 7) is 0. The van der Waals surface area contributed by atoms with E-state index in [1.807, 2.05) is 36.7 Å².